The Bertz CT molecular complexity index is 964. The maximum absolute atomic E-state index is 13.1. The van der Waals surface area contributed by atoms with Crippen molar-refractivity contribution < 1.29 is 13.2 Å². The lowest BCUT2D eigenvalue weighted by Crippen LogP contribution is -2.32. The molecule has 0 bridgehead atoms. The van der Waals surface area contributed by atoms with Crippen LogP contribution in [0.4, 0.5) is 5.69 Å². The maximum Gasteiger partial charge on any atom is 0.246 e. The number of thiophene rings is 1. The third-order valence-corrected chi connectivity index (χ3v) is 6.42. The number of hydrogen-bond donors (Lipinski definition) is 1. The van der Waals surface area contributed by atoms with Gasteiger partial charge in [0.1, 0.15) is 0 Å². The minimum Gasteiger partial charge on any atom is -0.284 e. The molecule has 0 fully saturated rings. The number of sulfonamides is 1. The van der Waals surface area contributed by atoms with Crippen LogP contribution in [-0.4, -0.2) is 31.3 Å². The van der Waals surface area contributed by atoms with E-state index in [-0.39, 0.29) is 17.9 Å². The van der Waals surface area contributed by atoms with Crippen LogP contribution in [0.3, 0.4) is 0 Å². The maximum atomic E-state index is 13.1. The minimum atomic E-state index is -3.36. The molecule has 28 heavy (non-hydrogen) atoms. The molecule has 1 amide bonds. The number of benzene rings is 1. The summed E-state index contributed by atoms with van der Waals surface area (Å²) >= 11 is 1.62. The van der Waals surface area contributed by atoms with Gasteiger partial charge in [0.2, 0.25) is 15.9 Å². The molecule has 1 aromatic carbocycles. The Kier molecular flexibility index (Phi) is 6.20. The first-order chi connectivity index (χ1) is 13.3. The molecule has 2 heterocycles. The summed E-state index contributed by atoms with van der Waals surface area (Å²) in [4.78, 5) is 14.2. The quantitative estimate of drug-likeness (QED) is 0.729. The zero-order chi connectivity index (χ0) is 20.3. The van der Waals surface area contributed by atoms with Gasteiger partial charge in [-0.05, 0) is 42.0 Å². The number of nitrogens with zero attached hydrogens (tertiary/aromatic N) is 2. The molecule has 0 radical (unpaired) electrons. The number of carbonyl (C=O) groups is 1. The van der Waals surface area contributed by atoms with Gasteiger partial charge in [0, 0.05) is 22.9 Å². The highest BCUT2D eigenvalue weighted by Crippen LogP contribution is 2.37. The third kappa shape index (κ3) is 4.62. The summed E-state index contributed by atoms with van der Waals surface area (Å²) in [6, 6.07) is 11.0. The molecular weight excluding hydrogens is 394 g/mol. The molecule has 150 valence electrons. The van der Waals surface area contributed by atoms with E-state index in [0.717, 1.165) is 35.2 Å². The summed E-state index contributed by atoms with van der Waals surface area (Å²) < 4.78 is 25.6. The molecule has 0 spiro atoms. The van der Waals surface area contributed by atoms with Crippen LogP contribution >= 0.6 is 11.3 Å². The van der Waals surface area contributed by atoms with Gasteiger partial charge in [0.05, 0.1) is 18.0 Å². The zero-order valence-corrected chi connectivity index (χ0v) is 17.9. The Balaban J connectivity index is 1.94. The second-order valence-corrected chi connectivity index (χ2v) is 9.66. The molecule has 1 aliphatic heterocycles. The minimum absolute atomic E-state index is 0.0452. The first-order valence-electron chi connectivity index (χ1n) is 9.34. The SMILES string of the molecule is CCC(CC)C(=O)N1N=C(c2cccc(NS(C)(=O)=O)c2)C[C@H]1c1cccs1. The first-order valence-corrected chi connectivity index (χ1v) is 12.1. The summed E-state index contributed by atoms with van der Waals surface area (Å²) in [5.74, 6) is -0.00684. The molecule has 6 nitrogen and oxygen atoms in total. The molecule has 1 atom stereocenters. The number of anilines is 1. The topological polar surface area (TPSA) is 78.8 Å². The van der Waals surface area contributed by atoms with E-state index in [1.807, 2.05) is 37.4 Å². The molecular formula is C20H25N3O3S2. The molecule has 0 aliphatic carbocycles. The van der Waals surface area contributed by atoms with E-state index >= 15 is 0 Å². The number of hydrazone groups is 1. The Labute approximate surface area is 170 Å². The van der Waals surface area contributed by atoms with E-state index in [0.29, 0.717) is 12.1 Å². The largest absolute Gasteiger partial charge is 0.284 e. The smallest absolute Gasteiger partial charge is 0.246 e. The van der Waals surface area contributed by atoms with Crippen molar-refractivity contribution in [2.24, 2.45) is 11.0 Å². The van der Waals surface area contributed by atoms with E-state index in [1.165, 1.54) is 0 Å². The fraction of sp³-hybridized carbons (Fsp3) is 0.400. The summed E-state index contributed by atoms with van der Waals surface area (Å²) in [5.41, 5.74) is 2.09. The normalized spacial score (nSPS) is 17.1. The van der Waals surface area contributed by atoms with Gasteiger partial charge in [-0.3, -0.25) is 9.52 Å². The summed E-state index contributed by atoms with van der Waals surface area (Å²) in [7, 11) is -3.36. The van der Waals surface area contributed by atoms with Crippen molar-refractivity contribution in [2.45, 2.75) is 39.2 Å². The van der Waals surface area contributed by atoms with E-state index in [2.05, 4.69) is 9.82 Å². The highest BCUT2D eigenvalue weighted by molar-refractivity contribution is 7.92. The van der Waals surface area contributed by atoms with Gasteiger partial charge in [-0.2, -0.15) is 5.10 Å². The van der Waals surface area contributed by atoms with Crippen LogP contribution < -0.4 is 4.72 Å². The van der Waals surface area contributed by atoms with Gasteiger partial charge >= 0.3 is 0 Å². The lowest BCUT2D eigenvalue weighted by Gasteiger charge is -2.24. The second kappa shape index (κ2) is 8.45. The Morgan fingerprint density at radius 1 is 1.29 bits per heavy atom. The number of hydrogen-bond acceptors (Lipinski definition) is 5. The predicted molar refractivity (Wildman–Crippen MR) is 114 cm³/mol. The molecule has 1 aliphatic rings. The number of rotatable bonds is 7. The second-order valence-electron chi connectivity index (χ2n) is 6.93. The van der Waals surface area contributed by atoms with E-state index < -0.39 is 10.0 Å². The predicted octanol–water partition coefficient (Wildman–Crippen LogP) is 4.23. The van der Waals surface area contributed by atoms with Crippen LogP contribution in [0.2, 0.25) is 0 Å². The Morgan fingerprint density at radius 3 is 2.64 bits per heavy atom. The lowest BCUT2D eigenvalue weighted by molar-refractivity contribution is -0.137. The molecule has 0 unspecified atom stereocenters. The number of nitrogens with one attached hydrogen (secondary N) is 1. The highest BCUT2D eigenvalue weighted by Gasteiger charge is 2.35. The van der Waals surface area contributed by atoms with Crippen molar-refractivity contribution in [1.82, 2.24) is 5.01 Å². The van der Waals surface area contributed by atoms with Gasteiger partial charge in [-0.15, -0.1) is 11.3 Å². The van der Waals surface area contributed by atoms with Crippen LogP contribution in [0.25, 0.3) is 0 Å². The van der Waals surface area contributed by atoms with E-state index in [9.17, 15) is 13.2 Å². The van der Waals surface area contributed by atoms with E-state index in [4.69, 9.17) is 0 Å². The van der Waals surface area contributed by atoms with E-state index in [1.54, 1.807) is 34.5 Å². The van der Waals surface area contributed by atoms with Crippen LogP contribution in [-0.2, 0) is 14.8 Å². The van der Waals surface area contributed by atoms with Crippen molar-refractivity contribution >= 4 is 38.7 Å². The zero-order valence-electron chi connectivity index (χ0n) is 16.3. The van der Waals surface area contributed by atoms with Crippen LogP contribution in [0.5, 0.6) is 0 Å². The molecule has 2 aromatic rings. The molecule has 3 rings (SSSR count). The fourth-order valence-corrected chi connectivity index (χ4v) is 4.76. The first kappa shape index (κ1) is 20.5. The van der Waals surface area contributed by atoms with Crippen molar-refractivity contribution in [1.29, 1.82) is 0 Å². The van der Waals surface area contributed by atoms with Gasteiger partial charge in [0.25, 0.3) is 0 Å². The highest BCUT2D eigenvalue weighted by atomic mass is 32.2. The van der Waals surface area contributed by atoms with Crippen molar-refractivity contribution in [3.63, 3.8) is 0 Å². The lowest BCUT2D eigenvalue weighted by atomic mass is 10.00. The van der Waals surface area contributed by atoms with Gasteiger partial charge in [0.15, 0.2) is 0 Å². The van der Waals surface area contributed by atoms with Crippen LogP contribution in [0, 0.1) is 5.92 Å². The summed E-state index contributed by atoms with van der Waals surface area (Å²) in [6.45, 7) is 4.04. The molecule has 0 saturated heterocycles. The monoisotopic (exact) mass is 419 g/mol. The Hall–Kier alpha value is -2.19. The standard InChI is InChI=1S/C20H25N3O3S2/c1-4-14(5-2)20(24)23-18(19-10-7-11-27-19)13-17(21-23)15-8-6-9-16(12-15)22-28(3,25)26/h6-12,14,18,22H,4-5,13H2,1-3H3/t18-/m0/s1. The van der Waals surface area contributed by atoms with Crippen molar-refractivity contribution in [3.05, 3.63) is 52.2 Å². The number of amides is 1. The molecule has 1 aromatic heterocycles. The fourth-order valence-electron chi connectivity index (χ4n) is 3.39. The average molecular weight is 420 g/mol. The summed E-state index contributed by atoms with van der Waals surface area (Å²) in [5, 5.41) is 8.32. The van der Waals surface area contributed by atoms with Gasteiger partial charge in [-0.25, -0.2) is 13.4 Å². The van der Waals surface area contributed by atoms with Crippen molar-refractivity contribution in [3.8, 4) is 0 Å². The summed E-state index contributed by atoms with van der Waals surface area (Å²) in [6.07, 6.45) is 3.29. The average Bonchev–Trinajstić information content (AvgIpc) is 3.31. The van der Waals surface area contributed by atoms with Gasteiger partial charge in [-0.1, -0.05) is 32.0 Å². The van der Waals surface area contributed by atoms with Crippen LogP contribution in [0.1, 0.15) is 49.6 Å². The molecule has 0 saturated carbocycles. The van der Waals surface area contributed by atoms with Gasteiger partial charge < -0.3 is 0 Å². The Morgan fingerprint density at radius 2 is 2.04 bits per heavy atom. The molecule has 8 heteroatoms. The van der Waals surface area contributed by atoms with Crippen LogP contribution in [0.15, 0.2) is 46.9 Å². The molecule has 1 N–H and O–H groups in total. The third-order valence-electron chi connectivity index (χ3n) is 4.84. The van der Waals surface area contributed by atoms with Crippen molar-refractivity contribution in [2.75, 3.05) is 11.0 Å². The number of carbonyl (C=O) groups excluding carboxylic acids is 1.